The molecule has 2 aromatic carbocycles. The van der Waals surface area contributed by atoms with Gasteiger partial charge in [0.15, 0.2) is 11.6 Å². The third-order valence-corrected chi connectivity index (χ3v) is 4.97. The Hall–Kier alpha value is -3.08. The summed E-state index contributed by atoms with van der Waals surface area (Å²) in [5.74, 6) is -5.20. The third kappa shape index (κ3) is 5.58. The van der Waals surface area contributed by atoms with Crippen molar-refractivity contribution < 1.29 is 35.9 Å². The highest BCUT2D eigenvalue weighted by atomic mass is 19.4. The van der Waals surface area contributed by atoms with Crippen molar-refractivity contribution in [3.8, 4) is 0 Å². The van der Waals surface area contributed by atoms with Crippen LogP contribution in [0.1, 0.15) is 17.5 Å². The first-order valence-corrected chi connectivity index (χ1v) is 9.56. The Labute approximate surface area is 179 Å². The van der Waals surface area contributed by atoms with Crippen LogP contribution in [0, 0.1) is 17.5 Å². The summed E-state index contributed by atoms with van der Waals surface area (Å²) in [6.07, 6.45) is -5.31. The average molecular weight is 459 g/mol. The molecule has 0 fully saturated rings. The fourth-order valence-corrected chi connectivity index (χ4v) is 3.51. The molecule has 2 amide bonds. The van der Waals surface area contributed by atoms with Crippen LogP contribution in [0.5, 0.6) is 0 Å². The largest absolute Gasteiger partial charge is 0.406 e. The molecule has 2 aromatic rings. The van der Waals surface area contributed by atoms with Gasteiger partial charge in [0.1, 0.15) is 18.9 Å². The highest BCUT2D eigenvalue weighted by Gasteiger charge is 2.37. The maximum absolute atomic E-state index is 13.8. The molecule has 2 N–H and O–H groups in total. The summed E-state index contributed by atoms with van der Waals surface area (Å²) in [5, 5.41) is 0. The fraction of sp³-hybridized carbons (Fsp3) is 0.333. The smallest absolute Gasteiger partial charge is 0.329 e. The van der Waals surface area contributed by atoms with Crippen molar-refractivity contribution in [2.75, 3.05) is 18.0 Å². The number of anilines is 1. The second-order valence-electron chi connectivity index (χ2n) is 7.50. The second kappa shape index (κ2) is 9.19. The lowest BCUT2D eigenvalue weighted by Gasteiger charge is -2.24. The standard InChI is InChI=1S/C21H19F6N3O2/c22-15-8-17(24)16(23)6-13(15)5-14(28)7-19(31)29-9-12-3-1-2-4-18(12)30(20(32)10-29)11-21(25,26)27/h1-4,6,8,14H,5,7,9-11,28H2. The zero-order valence-electron chi connectivity index (χ0n) is 16.6. The molecular weight excluding hydrogens is 440 g/mol. The lowest BCUT2D eigenvalue weighted by atomic mass is 10.0. The van der Waals surface area contributed by atoms with Crippen LogP contribution in [0.4, 0.5) is 32.0 Å². The van der Waals surface area contributed by atoms with Crippen LogP contribution in [0.3, 0.4) is 0 Å². The summed E-state index contributed by atoms with van der Waals surface area (Å²) >= 11 is 0. The number of carbonyl (C=O) groups excluding carboxylic acids is 2. The summed E-state index contributed by atoms with van der Waals surface area (Å²) in [6, 6.07) is 5.95. The summed E-state index contributed by atoms with van der Waals surface area (Å²) in [5.41, 5.74) is 6.05. The van der Waals surface area contributed by atoms with Gasteiger partial charge in [-0.25, -0.2) is 13.2 Å². The van der Waals surface area contributed by atoms with Crippen LogP contribution in [-0.4, -0.2) is 42.0 Å². The van der Waals surface area contributed by atoms with Crippen molar-refractivity contribution in [3.63, 3.8) is 0 Å². The number of carbonyl (C=O) groups is 2. The van der Waals surface area contributed by atoms with Crippen LogP contribution >= 0.6 is 0 Å². The number of rotatable bonds is 5. The Morgan fingerprint density at radius 2 is 1.69 bits per heavy atom. The van der Waals surface area contributed by atoms with Crippen molar-refractivity contribution in [1.29, 1.82) is 0 Å². The van der Waals surface area contributed by atoms with E-state index in [2.05, 4.69) is 0 Å². The molecule has 0 saturated heterocycles. The molecule has 1 aliphatic heterocycles. The number of nitrogens with two attached hydrogens (primary N) is 1. The minimum atomic E-state index is -4.64. The van der Waals surface area contributed by atoms with E-state index in [1.807, 2.05) is 0 Å². The Morgan fingerprint density at radius 3 is 2.38 bits per heavy atom. The number of fused-ring (bicyclic) bond motifs is 1. The molecule has 0 aliphatic carbocycles. The van der Waals surface area contributed by atoms with E-state index in [1.54, 1.807) is 6.07 Å². The topological polar surface area (TPSA) is 66.6 Å². The maximum atomic E-state index is 13.8. The Morgan fingerprint density at radius 1 is 1.03 bits per heavy atom. The number of hydrogen-bond donors (Lipinski definition) is 1. The monoisotopic (exact) mass is 459 g/mol. The molecule has 0 radical (unpaired) electrons. The van der Waals surface area contributed by atoms with Gasteiger partial charge in [-0.2, -0.15) is 13.2 Å². The van der Waals surface area contributed by atoms with E-state index >= 15 is 0 Å². The molecule has 0 aromatic heterocycles. The van der Waals surface area contributed by atoms with E-state index in [1.165, 1.54) is 18.2 Å². The van der Waals surface area contributed by atoms with Gasteiger partial charge in [0.2, 0.25) is 11.8 Å². The number of amides is 2. The summed E-state index contributed by atoms with van der Waals surface area (Å²) in [7, 11) is 0. The number of para-hydroxylation sites is 1. The summed E-state index contributed by atoms with van der Waals surface area (Å²) < 4.78 is 79.2. The van der Waals surface area contributed by atoms with E-state index in [0.717, 1.165) is 4.90 Å². The SMILES string of the molecule is NC(CC(=O)N1CC(=O)N(CC(F)(F)F)c2ccccc2C1)Cc1cc(F)c(F)cc1F. The van der Waals surface area contributed by atoms with Gasteiger partial charge in [-0.1, -0.05) is 18.2 Å². The Balaban J connectivity index is 1.75. The maximum Gasteiger partial charge on any atom is 0.406 e. The molecule has 0 bridgehead atoms. The fourth-order valence-electron chi connectivity index (χ4n) is 3.51. The van der Waals surface area contributed by atoms with Crippen molar-refractivity contribution in [2.45, 2.75) is 31.6 Å². The van der Waals surface area contributed by atoms with Gasteiger partial charge in [-0.05, 0) is 29.7 Å². The van der Waals surface area contributed by atoms with Crippen molar-refractivity contribution >= 4 is 17.5 Å². The van der Waals surface area contributed by atoms with Crippen molar-refractivity contribution in [3.05, 3.63) is 65.0 Å². The lowest BCUT2D eigenvalue weighted by molar-refractivity contribution is -0.138. The number of halogens is 6. The number of benzene rings is 2. The first kappa shape index (κ1) is 23.6. The highest BCUT2D eigenvalue weighted by Crippen LogP contribution is 2.29. The van der Waals surface area contributed by atoms with Gasteiger partial charge < -0.3 is 15.5 Å². The van der Waals surface area contributed by atoms with E-state index in [-0.39, 0.29) is 30.6 Å². The molecule has 172 valence electrons. The van der Waals surface area contributed by atoms with Crippen molar-refractivity contribution in [2.24, 2.45) is 5.73 Å². The van der Waals surface area contributed by atoms with E-state index in [0.29, 0.717) is 22.6 Å². The van der Waals surface area contributed by atoms with Gasteiger partial charge in [0.25, 0.3) is 0 Å². The van der Waals surface area contributed by atoms with Crippen LogP contribution in [0.15, 0.2) is 36.4 Å². The average Bonchev–Trinajstić information content (AvgIpc) is 2.82. The molecule has 1 heterocycles. The minimum Gasteiger partial charge on any atom is -0.329 e. The number of alkyl halides is 3. The summed E-state index contributed by atoms with van der Waals surface area (Å²) in [4.78, 5) is 26.9. The predicted octanol–water partition coefficient (Wildman–Crippen LogP) is 3.30. The number of nitrogens with zero attached hydrogens (tertiary/aromatic N) is 2. The molecule has 11 heteroatoms. The molecule has 3 rings (SSSR count). The Bertz CT molecular complexity index is 1030. The van der Waals surface area contributed by atoms with E-state index in [4.69, 9.17) is 5.73 Å². The molecule has 32 heavy (non-hydrogen) atoms. The van der Waals surface area contributed by atoms with Crippen LogP contribution in [0.2, 0.25) is 0 Å². The lowest BCUT2D eigenvalue weighted by Crippen LogP contribution is -2.44. The number of hydrogen-bond acceptors (Lipinski definition) is 3. The Kier molecular flexibility index (Phi) is 6.77. The molecule has 1 aliphatic rings. The van der Waals surface area contributed by atoms with Gasteiger partial charge in [-0.3, -0.25) is 9.59 Å². The van der Waals surface area contributed by atoms with E-state index < -0.39 is 54.6 Å². The predicted molar refractivity (Wildman–Crippen MR) is 103 cm³/mol. The van der Waals surface area contributed by atoms with Crippen LogP contribution < -0.4 is 10.6 Å². The molecule has 1 atom stereocenters. The van der Waals surface area contributed by atoms with Gasteiger partial charge in [-0.15, -0.1) is 0 Å². The first-order valence-electron chi connectivity index (χ1n) is 9.56. The molecule has 0 spiro atoms. The second-order valence-corrected chi connectivity index (χ2v) is 7.50. The third-order valence-electron chi connectivity index (χ3n) is 4.97. The first-order chi connectivity index (χ1) is 14.9. The summed E-state index contributed by atoms with van der Waals surface area (Å²) in [6.45, 7) is -2.23. The molecular formula is C21H19F6N3O2. The van der Waals surface area contributed by atoms with Gasteiger partial charge >= 0.3 is 6.18 Å². The van der Waals surface area contributed by atoms with Crippen LogP contribution in [0.25, 0.3) is 0 Å². The van der Waals surface area contributed by atoms with E-state index in [9.17, 15) is 35.9 Å². The zero-order valence-corrected chi connectivity index (χ0v) is 16.6. The molecule has 5 nitrogen and oxygen atoms in total. The molecule has 0 saturated carbocycles. The van der Waals surface area contributed by atoms with Gasteiger partial charge in [0, 0.05) is 30.8 Å². The molecule has 1 unspecified atom stereocenters. The van der Waals surface area contributed by atoms with Crippen molar-refractivity contribution in [1.82, 2.24) is 4.90 Å². The quantitative estimate of drug-likeness (QED) is 0.551. The van der Waals surface area contributed by atoms with Crippen LogP contribution in [-0.2, 0) is 22.6 Å². The highest BCUT2D eigenvalue weighted by molar-refractivity contribution is 5.98. The normalized spacial score (nSPS) is 15.4. The zero-order chi connectivity index (χ0) is 23.6. The van der Waals surface area contributed by atoms with Gasteiger partial charge in [0.05, 0.1) is 0 Å². The minimum absolute atomic E-state index is 0.0540.